The summed E-state index contributed by atoms with van der Waals surface area (Å²) in [6.45, 7) is 0. The van der Waals surface area contributed by atoms with Gasteiger partial charge in [0.2, 0.25) is 0 Å². The number of aromatic nitrogens is 8. The normalized spacial score (nSPS) is 11.7. The standard InChI is InChI=1S/C32H17IN8.Li.H/c33-23-15-7-14-22-24(23)32-40-30-21-13-6-5-12-20(21)28(38-30)36-26-17-9-2-1-8-16(17)25(34-26)35-27-18-10-3-4-11-19(18)29(37-27)39-31(22)41-32;;/h1-15H,(H2,34,35,36,37,38,39,40,41);;. The maximum absolute atomic E-state index is 5.07. The molecule has 3 aromatic heterocycles. The number of hydrogen-bond donors (Lipinski definition) is 2. The van der Waals surface area contributed by atoms with Crippen LogP contribution in [0.4, 0.5) is 0 Å². The van der Waals surface area contributed by atoms with Crippen molar-refractivity contribution in [3.63, 3.8) is 0 Å². The van der Waals surface area contributed by atoms with Crippen molar-refractivity contribution in [1.82, 2.24) is 39.9 Å². The van der Waals surface area contributed by atoms with Gasteiger partial charge in [-0.05, 0) is 28.7 Å². The zero-order chi connectivity index (χ0) is 27.1. The fraction of sp³-hybridized carbons (Fsp3) is 0. The molecule has 2 aliphatic heterocycles. The van der Waals surface area contributed by atoms with Crippen molar-refractivity contribution in [2.75, 3.05) is 0 Å². The molecule has 0 aliphatic carbocycles. The first-order chi connectivity index (χ1) is 20.2. The van der Waals surface area contributed by atoms with Gasteiger partial charge in [-0.1, -0.05) is 84.9 Å². The molecular weight excluding hydrogens is 630 g/mol. The number of halogens is 1. The number of rotatable bonds is 0. The van der Waals surface area contributed by atoms with Crippen LogP contribution in [0.1, 0.15) is 0 Å². The third kappa shape index (κ3) is 3.74. The van der Waals surface area contributed by atoms with Gasteiger partial charge in [-0.2, -0.15) is 0 Å². The molecule has 5 heterocycles. The summed E-state index contributed by atoms with van der Waals surface area (Å²) >= 11 is 2.35. The molecule has 8 bridgehead atoms. The number of fused-ring (bicyclic) bond motifs is 20. The molecule has 0 fully saturated rings. The van der Waals surface area contributed by atoms with E-state index >= 15 is 0 Å². The summed E-state index contributed by atoms with van der Waals surface area (Å²) in [7, 11) is 0. The predicted octanol–water partition coefficient (Wildman–Crippen LogP) is 6.83. The average Bonchev–Trinajstić information content (AvgIpc) is 3.73. The molecule has 0 unspecified atom stereocenters. The second-order valence-electron chi connectivity index (χ2n) is 9.91. The van der Waals surface area contributed by atoms with Gasteiger partial charge in [0, 0.05) is 47.4 Å². The topological polar surface area (TPSA) is 109 Å². The van der Waals surface area contributed by atoms with E-state index in [1.807, 2.05) is 78.9 Å². The molecule has 4 aromatic carbocycles. The fourth-order valence-electron chi connectivity index (χ4n) is 5.65. The molecule has 2 aliphatic rings. The van der Waals surface area contributed by atoms with E-state index in [9.17, 15) is 0 Å². The number of hydrogen-bond acceptors (Lipinski definition) is 6. The molecule has 0 saturated carbocycles. The van der Waals surface area contributed by atoms with Crippen LogP contribution in [0.5, 0.6) is 0 Å². The Hall–Kier alpha value is -4.43. The predicted molar refractivity (Wildman–Crippen MR) is 176 cm³/mol. The second kappa shape index (κ2) is 9.56. The van der Waals surface area contributed by atoms with Gasteiger partial charge in [-0.15, -0.1) is 0 Å². The molecule has 9 rings (SSSR count). The minimum atomic E-state index is 0. The number of nitrogens with zero attached hydrogens (tertiary/aromatic N) is 6. The number of benzene rings is 4. The Morgan fingerprint density at radius 2 is 0.786 bits per heavy atom. The SMILES string of the molecule is Ic1cccc2c3nc4nc(nc5[nH]c(nc6nc(nc([nH]3)c12)-c1ccccc1-6)c1ccccc51)-c1ccccc1-4.[LiH]. The Morgan fingerprint density at radius 1 is 0.405 bits per heavy atom. The van der Waals surface area contributed by atoms with Crippen LogP contribution in [0.15, 0.2) is 91.0 Å². The van der Waals surface area contributed by atoms with E-state index in [-0.39, 0.29) is 18.9 Å². The quantitative estimate of drug-likeness (QED) is 0.138. The molecular formula is C32H18ILiN8. The van der Waals surface area contributed by atoms with Crippen LogP contribution in [0.2, 0.25) is 0 Å². The first kappa shape index (κ1) is 25.3. The Kier molecular flexibility index (Phi) is 5.76. The summed E-state index contributed by atoms with van der Waals surface area (Å²) in [6.07, 6.45) is 0. The number of aromatic amines is 2. The average molecular weight is 648 g/mol. The summed E-state index contributed by atoms with van der Waals surface area (Å²) in [5, 5.41) is 3.86. The molecule has 42 heavy (non-hydrogen) atoms. The van der Waals surface area contributed by atoms with Gasteiger partial charge in [0.15, 0.2) is 23.3 Å². The zero-order valence-corrected chi connectivity index (χ0v) is 23.4. The Balaban J connectivity index is 0.00000267. The molecule has 0 saturated heterocycles. The van der Waals surface area contributed by atoms with Gasteiger partial charge in [0.05, 0.1) is 0 Å². The second-order valence-corrected chi connectivity index (χ2v) is 11.1. The van der Waals surface area contributed by atoms with Crippen LogP contribution in [0.3, 0.4) is 0 Å². The van der Waals surface area contributed by atoms with Crippen LogP contribution in [0.25, 0.3) is 89.7 Å². The molecule has 8 nitrogen and oxygen atoms in total. The maximum atomic E-state index is 5.07. The Bertz CT molecular complexity index is 2410. The van der Waals surface area contributed by atoms with Crippen LogP contribution in [-0.2, 0) is 0 Å². The van der Waals surface area contributed by atoms with Crippen LogP contribution >= 0.6 is 22.6 Å². The number of nitrogens with one attached hydrogen (secondary N) is 2. The van der Waals surface area contributed by atoms with Crippen molar-refractivity contribution in [2.45, 2.75) is 0 Å². The van der Waals surface area contributed by atoms with Gasteiger partial charge >= 0.3 is 18.9 Å². The van der Waals surface area contributed by atoms with E-state index in [1.165, 1.54) is 0 Å². The van der Waals surface area contributed by atoms with E-state index in [0.29, 0.717) is 45.9 Å². The van der Waals surface area contributed by atoms with Crippen molar-refractivity contribution >= 4 is 85.6 Å². The molecule has 194 valence electrons. The fourth-order valence-corrected chi connectivity index (χ4v) is 6.40. The Morgan fingerprint density at radius 3 is 1.29 bits per heavy atom. The van der Waals surface area contributed by atoms with Gasteiger partial charge in [-0.25, -0.2) is 29.9 Å². The van der Waals surface area contributed by atoms with Crippen molar-refractivity contribution in [3.05, 3.63) is 94.6 Å². The molecule has 0 spiro atoms. The van der Waals surface area contributed by atoms with Gasteiger partial charge in [0.1, 0.15) is 22.6 Å². The van der Waals surface area contributed by atoms with E-state index in [1.54, 1.807) is 0 Å². The summed E-state index contributed by atoms with van der Waals surface area (Å²) in [6, 6.07) is 30.4. The van der Waals surface area contributed by atoms with Gasteiger partial charge in [0.25, 0.3) is 0 Å². The van der Waals surface area contributed by atoms with Gasteiger partial charge in [-0.3, -0.25) is 0 Å². The monoisotopic (exact) mass is 648 g/mol. The van der Waals surface area contributed by atoms with Crippen LogP contribution in [0, 0.1) is 3.57 Å². The third-order valence-electron chi connectivity index (χ3n) is 7.53. The molecule has 0 amide bonds. The Labute approximate surface area is 264 Å². The van der Waals surface area contributed by atoms with Gasteiger partial charge < -0.3 is 9.97 Å². The van der Waals surface area contributed by atoms with Crippen molar-refractivity contribution in [1.29, 1.82) is 0 Å². The summed E-state index contributed by atoms with van der Waals surface area (Å²) < 4.78 is 1.07. The summed E-state index contributed by atoms with van der Waals surface area (Å²) in [5.41, 5.74) is 6.46. The molecule has 7 aromatic rings. The molecule has 0 radical (unpaired) electrons. The van der Waals surface area contributed by atoms with E-state index in [2.05, 4.69) is 44.7 Å². The van der Waals surface area contributed by atoms with Crippen LogP contribution < -0.4 is 0 Å². The first-order valence-electron chi connectivity index (χ1n) is 13.1. The van der Waals surface area contributed by atoms with Crippen molar-refractivity contribution in [2.24, 2.45) is 0 Å². The van der Waals surface area contributed by atoms with E-state index in [0.717, 1.165) is 47.4 Å². The summed E-state index contributed by atoms with van der Waals surface area (Å²) in [5.74, 6) is 2.39. The minimum absolute atomic E-state index is 0. The summed E-state index contributed by atoms with van der Waals surface area (Å²) in [4.78, 5) is 37.0. The zero-order valence-electron chi connectivity index (χ0n) is 21.2. The van der Waals surface area contributed by atoms with E-state index < -0.39 is 0 Å². The number of H-pyrrole nitrogens is 2. The van der Waals surface area contributed by atoms with Crippen LogP contribution in [-0.4, -0.2) is 58.7 Å². The molecule has 10 heteroatoms. The molecule has 0 atom stereocenters. The van der Waals surface area contributed by atoms with E-state index in [4.69, 9.17) is 29.9 Å². The van der Waals surface area contributed by atoms with Crippen molar-refractivity contribution < 1.29 is 0 Å². The third-order valence-corrected chi connectivity index (χ3v) is 8.43. The first-order valence-corrected chi connectivity index (χ1v) is 14.2. The molecule has 2 N–H and O–H groups in total. The van der Waals surface area contributed by atoms with Crippen molar-refractivity contribution in [3.8, 4) is 45.6 Å².